The maximum absolute atomic E-state index is 11.7. The molecule has 1 aliphatic carbocycles. The number of carbonyl (C=O) groups excluding carboxylic acids is 1. The molecule has 124 valence electrons. The van der Waals surface area contributed by atoms with E-state index in [-0.39, 0.29) is 11.9 Å². The summed E-state index contributed by atoms with van der Waals surface area (Å²) in [7, 11) is 0. The van der Waals surface area contributed by atoms with Gasteiger partial charge < -0.3 is 15.8 Å². The largest absolute Gasteiger partial charge is 0.378 e. The van der Waals surface area contributed by atoms with Crippen LogP contribution in [0.25, 0.3) is 0 Å². The molecule has 1 fully saturated rings. The van der Waals surface area contributed by atoms with Gasteiger partial charge in [0, 0.05) is 12.6 Å². The Morgan fingerprint density at radius 2 is 2.05 bits per heavy atom. The van der Waals surface area contributed by atoms with Gasteiger partial charge in [-0.15, -0.1) is 0 Å². The molecule has 1 amide bonds. The van der Waals surface area contributed by atoms with Crippen molar-refractivity contribution in [2.24, 2.45) is 17.1 Å². The summed E-state index contributed by atoms with van der Waals surface area (Å²) in [5, 5.41) is 3.26. The van der Waals surface area contributed by atoms with E-state index in [4.69, 9.17) is 10.5 Å². The number of carbonyl (C=O) groups is 1. The third kappa shape index (κ3) is 5.95. The maximum atomic E-state index is 11.7. The lowest BCUT2D eigenvalue weighted by atomic mass is 9.71. The molecule has 3 unspecified atom stereocenters. The summed E-state index contributed by atoms with van der Waals surface area (Å²) in [5.41, 5.74) is 5.21. The summed E-state index contributed by atoms with van der Waals surface area (Å²) in [6.45, 7) is 13.4. The third-order valence-corrected chi connectivity index (χ3v) is 4.45. The molecule has 0 aromatic heterocycles. The van der Waals surface area contributed by atoms with Gasteiger partial charge in [-0.2, -0.15) is 0 Å². The molecule has 0 spiro atoms. The summed E-state index contributed by atoms with van der Waals surface area (Å²) in [6, 6.07) is 0.219. The highest BCUT2D eigenvalue weighted by Gasteiger charge is 2.34. The molecule has 1 rings (SSSR count). The van der Waals surface area contributed by atoms with Crippen molar-refractivity contribution in [3.8, 4) is 0 Å². The first-order chi connectivity index (χ1) is 9.54. The molecule has 0 radical (unpaired) electrons. The molecule has 0 saturated heterocycles. The van der Waals surface area contributed by atoms with Crippen molar-refractivity contribution >= 4 is 5.91 Å². The Bertz CT molecular complexity index is 355. The molecule has 21 heavy (non-hydrogen) atoms. The highest BCUT2D eigenvalue weighted by atomic mass is 16.5. The second-order valence-electron chi connectivity index (χ2n) is 8.15. The van der Waals surface area contributed by atoms with Crippen molar-refractivity contribution in [2.45, 2.75) is 84.9 Å². The van der Waals surface area contributed by atoms with Crippen LogP contribution in [0.1, 0.15) is 67.2 Å². The molecule has 0 aliphatic heterocycles. The fourth-order valence-electron chi connectivity index (χ4n) is 3.72. The van der Waals surface area contributed by atoms with Crippen molar-refractivity contribution in [3.05, 3.63) is 0 Å². The third-order valence-electron chi connectivity index (χ3n) is 4.45. The lowest BCUT2D eigenvalue weighted by Crippen LogP contribution is -2.56. The number of ether oxygens (including phenoxy) is 1. The van der Waals surface area contributed by atoms with Crippen LogP contribution in [0.4, 0.5) is 0 Å². The first-order valence-electron chi connectivity index (χ1n) is 8.23. The van der Waals surface area contributed by atoms with Gasteiger partial charge >= 0.3 is 0 Å². The van der Waals surface area contributed by atoms with Gasteiger partial charge in [0.25, 0.3) is 0 Å². The van der Waals surface area contributed by atoms with E-state index in [1.807, 2.05) is 20.8 Å². The minimum atomic E-state index is -0.691. The minimum absolute atomic E-state index is 0.219. The van der Waals surface area contributed by atoms with Crippen molar-refractivity contribution in [2.75, 3.05) is 6.61 Å². The SMILES string of the molecule is CC1CC(OCCC(C)(NC(C)C)C(N)=O)CC(C)(C)C1. The van der Waals surface area contributed by atoms with Crippen LogP contribution >= 0.6 is 0 Å². The van der Waals surface area contributed by atoms with Crippen LogP contribution in [0, 0.1) is 11.3 Å². The summed E-state index contributed by atoms with van der Waals surface area (Å²) >= 11 is 0. The van der Waals surface area contributed by atoms with E-state index >= 15 is 0 Å². The molecule has 0 aromatic rings. The first kappa shape index (κ1) is 18.4. The van der Waals surface area contributed by atoms with Gasteiger partial charge in [0.15, 0.2) is 0 Å². The van der Waals surface area contributed by atoms with E-state index in [0.717, 1.165) is 12.8 Å². The van der Waals surface area contributed by atoms with Crippen molar-refractivity contribution in [1.82, 2.24) is 5.32 Å². The van der Waals surface area contributed by atoms with Gasteiger partial charge in [-0.1, -0.05) is 20.8 Å². The minimum Gasteiger partial charge on any atom is -0.378 e. The lowest BCUT2D eigenvalue weighted by molar-refractivity contribution is -0.125. The Labute approximate surface area is 130 Å². The van der Waals surface area contributed by atoms with Crippen LogP contribution < -0.4 is 11.1 Å². The molecule has 1 saturated carbocycles. The Kier molecular flexibility index (Phi) is 6.23. The summed E-state index contributed by atoms with van der Waals surface area (Å²) < 4.78 is 6.07. The molecule has 0 bridgehead atoms. The first-order valence-corrected chi connectivity index (χ1v) is 8.23. The highest BCUT2D eigenvalue weighted by molar-refractivity contribution is 5.84. The molecule has 1 aliphatic rings. The molecule has 0 aromatic carbocycles. The van der Waals surface area contributed by atoms with Gasteiger partial charge in [0.1, 0.15) is 0 Å². The average Bonchev–Trinajstić information content (AvgIpc) is 2.24. The zero-order valence-electron chi connectivity index (χ0n) is 14.7. The number of hydrogen-bond donors (Lipinski definition) is 2. The van der Waals surface area contributed by atoms with Gasteiger partial charge in [0.05, 0.1) is 11.6 Å². The fourth-order valence-corrected chi connectivity index (χ4v) is 3.72. The fraction of sp³-hybridized carbons (Fsp3) is 0.941. The topological polar surface area (TPSA) is 64.3 Å². The van der Waals surface area contributed by atoms with Crippen LogP contribution in [0.5, 0.6) is 0 Å². The van der Waals surface area contributed by atoms with E-state index in [1.165, 1.54) is 6.42 Å². The van der Waals surface area contributed by atoms with Gasteiger partial charge in [-0.05, 0) is 57.8 Å². The summed E-state index contributed by atoms with van der Waals surface area (Å²) in [5.74, 6) is 0.396. The van der Waals surface area contributed by atoms with Gasteiger partial charge in [-0.25, -0.2) is 0 Å². The number of nitrogens with two attached hydrogens (primary N) is 1. The van der Waals surface area contributed by atoms with Gasteiger partial charge in [0.2, 0.25) is 5.91 Å². The number of hydrogen-bond acceptors (Lipinski definition) is 3. The summed E-state index contributed by atoms with van der Waals surface area (Å²) in [4.78, 5) is 11.7. The second kappa shape index (κ2) is 7.10. The Morgan fingerprint density at radius 3 is 2.52 bits per heavy atom. The number of primary amides is 1. The predicted octanol–water partition coefficient (Wildman–Crippen LogP) is 2.85. The standard InChI is InChI=1S/C17H34N2O2/c1-12(2)19-17(6,15(18)20)7-8-21-14-9-13(3)10-16(4,5)11-14/h12-14,19H,7-11H2,1-6H3,(H2,18,20). The molecule has 0 heterocycles. The van der Waals surface area contributed by atoms with E-state index in [2.05, 4.69) is 26.1 Å². The molecule has 4 nitrogen and oxygen atoms in total. The normalized spacial score (nSPS) is 28.3. The zero-order valence-corrected chi connectivity index (χ0v) is 14.7. The molecule has 3 N–H and O–H groups in total. The Morgan fingerprint density at radius 1 is 1.43 bits per heavy atom. The lowest BCUT2D eigenvalue weighted by Gasteiger charge is -2.39. The maximum Gasteiger partial charge on any atom is 0.237 e. The summed E-state index contributed by atoms with van der Waals surface area (Å²) in [6.07, 6.45) is 4.41. The van der Waals surface area contributed by atoms with E-state index in [1.54, 1.807) is 0 Å². The van der Waals surface area contributed by atoms with Crippen LogP contribution in [-0.2, 0) is 9.53 Å². The van der Waals surface area contributed by atoms with Crippen LogP contribution in [0.3, 0.4) is 0 Å². The Balaban J connectivity index is 2.49. The van der Waals surface area contributed by atoms with Crippen LogP contribution in [-0.4, -0.2) is 30.2 Å². The highest BCUT2D eigenvalue weighted by Crippen LogP contribution is 2.39. The van der Waals surface area contributed by atoms with Crippen molar-refractivity contribution in [1.29, 1.82) is 0 Å². The monoisotopic (exact) mass is 298 g/mol. The molecule has 3 atom stereocenters. The molecular weight excluding hydrogens is 264 g/mol. The van der Waals surface area contributed by atoms with Crippen LogP contribution in [0.15, 0.2) is 0 Å². The van der Waals surface area contributed by atoms with E-state index in [0.29, 0.717) is 30.5 Å². The predicted molar refractivity (Wildman–Crippen MR) is 87.0 cm³/mol. The molecular formula is C17H34N2O2. The number of amides is 1. The van der Waals surface area contributed by atoms with Crippen molar-refractivity contribution < 1.29 is 9.53 Å². The van der Waals surface area contributed by atoms with E-state index in [9.17, 15) is 4.79 Å². The molecule has 4 heteroatoms. The van der Waals surface area contributed by atoms with Gasteiger partial charge in [-0.3, -0.25) is 4.79 Å². The quantitative estimate of drug-likeness (QED) is 0.759. The van der Waals surface area contributed by atoms with Crippen LogP contribution in [0.2, 0.25) is 0 Å². The average molecular weight is 298 g/mol. The number of nitrogens with one attached hydrogen (secondary N) is 1. The zero-order chi connectivity index (χ0) is 16.3. The smallest absolute Gasteiger partial charge is 0.237 e. The number of rotatable bonds is 7. The second-order valence-corrected chi connectivity index (χ2v) is 8.15. The van der Waals surface area contributed by atoms with E-state index < -0.39 is 5.54 Å². The van der Waals surface area contributed by atoms with Crippen molar-refractivity contribution in [3.63, 3.8) is 0 Å². The Hall–Kier alpha value is -0.610.